The number of nitrogens with one attached hydrogen (secondary N) is 1. The number of thiophene rings is 1. The van der Waals surface area contributed by atoms with E-state index >= 15 is 0 Å². The van der Waals surface area contributed by atoms with Crippen LogP contribution < -0.4 is 10.1 Å². The summed E-state index contributed by atoms with van der Waals surface area (Å²) < 4.78 is 7.88. The summed E-state index contributed by atoms with van der Waals surface area (Å²) in [5.74, 6) is 0.965. The maximum absolute atomic E-state index is 6.16. The Hall–Kier alpha value is -0.550. The summed E-state index contributed by atoms with van der Waals surface area (Å²) in [6, 6.07) is 8.72. The normalized spacial score (nSPS) is 21.4. The van der Waals surface area contributed by atoms with Crippen molar-refractivity contribution >= 4 is 38.9 Å². The number of rotatable bonds is 2. The molecule has 0 aliphatic carbocycles. The van der Waals surface area contributed by atoms with Gasteiger partial charge in [0.2, 0.25) is 0 Å². The van der Waals surface area contributed by atoms with Crippen molar-refractivity contribution in [2.45, 2.75) is 25.5 Å². The van der Waals surface area contributed by atoms with Gasteiger partial charge in [0.1, 0.15) is 16.2 Å². The van der Waals surface area contributed by atoms with Gasteiger partial charge >= 0.3 is 0 Å². The Labute approximate surface area is 136 Å². The zero-order valence-electron chi connectivity index (χ0n) is 11.2. The van der Waals surface area contributed by atoms with Gasteiger partial charge in [-0.25, -0.2) is 0 Å². The fraction of sp³-hybridized carbons (Fsp3) is 0.333. The molecule has 2 atom stereocenters. The molecule has 0 radical (unpaired) electrons. The molecule has 0 saturated carbocycles. The minimum absolute atomic E-state index is 0.0523. The van der Waals surface area contributed by atoms with Crippen LogP contribution in [0.15, 0.2) is 28.7 Å². The first-order chi connectivity index (χ1) is 9.58. The standard InChI is InChI=1S/C15H15BrClNOS/c1-8-3-4-12-9(5-8)11(18-2)7-13(19-12)14-6-10(16)15(17)20-14/h3-6,11,13,18H,7H2,1-2H3. The van der Waals surface area contributed by atoms with E-state index in [2.05, 4.69) is 52.4 Å². The highest BCUT2D eigenvalue weighted by Gasteiger charge is 2.29. The molecule has 0 amide bonds. The van der Waals surface area contributed by atoms with Crippen molar-refractivity contribution < 1.29 is 4.74 Å². The molecule has 2 aromatic rings. The van der Waals surface area contributed by atoms with E-state index in [1.807, 2.05) is 7.05 Å². The highest BCUT2D eigenvalue weighted by Crippen LogP contribution is 2.44. The van der Waals surface area contributed by atoms with Gasteiger partial charge in [-0.2, -0.15) is 0 Å². The SMILES string of the molecule is CNC1CC(c2cc(Br)c(Cl)s2)Oc2ccc(C)cc21. The fourth-order valence-electron chi connectivity index (χ4n) is 2.56. The summed E-state index contributed by atoms with van der Waals surface area (Å²) in [5, 5.41) is 3.39. The van der Waals surface area contributed by atoms with Crippen LogP contribution in [-0.2, 0) is 0 Å². The van der Waals surface area contributed by atoms with Gasteiger partial charge in [0.25, 0.3) is 0 Å². The number of hydrogen-bond donors (Lipinski definition) is 1. The molecule has 0 saturated heterocycles. The zero-order chi connectivity index (χ0) is 14.3. The first-order valence-electron chi connectivity index (χ1n) is 6.47. The number of aryl methyl sites for hydroxylation is 1. The van der Waals surface area contributed by atoms with Crippen molar-refractivity contribution in [3.8, 4) is 5.75 Å². The second-order valence-corrected chi connectivity index (χ2v) is 7.54. The Morgan fingerprint density at radius 2 is 2.20 bits per heavy atom. The molecule has 1 N–H and O–H groups in total. The average Bonchev–Trinajstić information content (AvgIpc) is 2.77. The topological polar surface area (TPSA) is 21.3 Å². The van der Waals surface area contributed by atoms with Crippen LogP contribution in [0.3, 0.4) is 0 Å². The van der Waals surface area contributed by atoms with Crippen LogP contribution in [0.2, 0.25) is 4.34 Å². The zero-order valence-corrected chi connectivity index (χ0v) is 14.4. The highest BCUT2D eigenvalue weighted by atomic mass is 79.9. The predicted molar refractivity (Wildman–Crippen MR) is 88.0 cm³/mol. The van der Waals surface area contributed by atoms with Gasteiger partial charge in [0.15, 0.2) is 0 Å². The summed E-state index contributed by atoms with van der Waals surface area (Å²) in [4.78, 5) is 1.16. The molecular formula is C15H15BrClNOS. The highest BCUT2D eigenvalue weighted by molar-refractivity contribution is 9.10. The van der Waals surface area contributed by atoms with Gasteiger partial charge in [0, 0.05) is 27.4 Å². The molecule has 0 bridgehead atoms. The molecule has 1 aromatic carbocycles. The Morgan fingerprint density at radius 1 is 1.40 bits per heavy atom. The monoisotopic (exact) mass is 371 g/mol. The van der Waals surface area contributed by atoms with Crippen molar-refractivity contribution in [1.82, 2.24) is 5.32 Å². The Balaban J connectivity index is 1.96. The van der Waals surface area contributed by atoms with Crippen LogP contribution >= 0.6 is 38.9 Å². The smallest absolute Gasteiger partial charge is 0.135 e. The molecule has 1 aliphatic rings. The molecule has 2 heterocycles. The molecule has 3 rings (SSSR count). The van der Waals surface area contributed by atoms with Crippen molar-refractivity contribution in [3.63, 3.8) is 0 Å². The minimum Gasteiger partial charge on any atom is -0.484 e. The fourth-order valence-corrected chi connectivity index (χ4v) is 4.34. The first-order valence-corrected chi connectivity index (χ1v) is 8.46. The van der Waals surface area contributed by atoms with E-state index in [1.54, 1.807) is 11.3 Å². The van der Waals surface area contributed by atoms with Gasteiger partial charge in [0.05, 0.1) is 0 Å². The summed E-state index contributed by atoms with van der Waals surface area (Å²) in [6.45, 7) is 2.11. The van der Waals surface area contributed by atoms with Crippen LogP contribution in [0.4, 0.5) is 0 Å². The lowest BCUT2D eigenvalue weighted by molar-refractivity contribution is 0.157. The van der Waals surface area contributed by atoms with Crippen LogP contribution in [0.25, 0.3) is 0 Å². The van der Waals surface area contributed by atoms with E-state index in [-0.39, 0.29) is 6.10 Å². The van der Waals surface area contributed by atoms with E-state index in [4.69, 9.17) is 16.3 Å². The molecular weight excluding hydrogens is 358 g/mol. The quantitative estimate of drug-likeness (QED) is 0.776. The van der Waals surface area contributed by atoms with Gasteiger partial charge in [-0.05, 0) is 42.0 Å². The van der Waals surface area contributed by atoms with Crippen molar-refractivity contribution in [1.29, 1.82) is 0 Å². The number of hydrogen-bond acceptors (Lipinski definition) is 3. The van der Waals surface area contributed by atoms with E-state index in [1.165, 1.54) is 11.1 Å². The lowest BCUT2D eigenvalue weighted by Crippen LogP contribution is -2.26. The first kappa shape index (κ1) is 14.4. The molecule has 0 fully saturated rings. The molecule has 0 spiro atoms. The van der Waals surface area contributed by atoms with Gasteiger partial charge in [-0.15, -0.1) is 11.3 Å². The van der Waals surface area contributed by atoms with Crippen molar-refractivity contribution in [2.75, 3.05) is 7.05 Å². The number of benzene rings is 1. The summed E-state index contributed by atoms with van der Waals surface area (Å²) in [6.07, 6.45) is 0.965. The van der Waals surface area contributed by atoms with Crippen LogP contribution in [0, 0.1) is 6.92 Å². The molecule has 1 aliphatic heterocycles. The summed E-state index contributed by atoms with van der Waals surface area (Å²) >= 11 is 11.2. The van der Waals surface area contributed by atoms with Crippen LogP contribution in [-0.4, -0.2) is 7.05 Å². The van der Waals surface area contributed by atoms with Gasteiger partial charge < -0.3 is 10.1 Å². The molecule has 20 heavy (non-hydrogen) atoms. The largest absolute Gasteiger partial charge is 0.484 e. The second-order valence-electron chi connectivity index (χ2n) is 5.00. The number of fused-ring (bicyclic) bond motifs is 1. The summed E-state index contributed by atoms with van der Waals surface area (Å²) in [5.41, 5.74) is 2.50. The van der Waals surface area contributed by atoms with Crippen LogP contribution in [0.5, 0.6) is 5.75 Å². The molecule has 2 nitrogen and oxygen atoms in total. The van der Waals surface area contributed by atoms with E-state index in [0.717, 1.165) is 25.9 Å². The average molecular weight is 373 g/mol. The van der Waals surface area contributed by atoms with Crippen molar-refractivity contribution in [3.05, 3.63) is 49.1 Å². The van der Waals surface area contributed by atoms with E-state index < -0.39 is 0 Å². The Morgan fingerprint density at radius 3 is 2.85 bits per heavy atom. The van der Waals surface area contributed by atoms with Crippen molar-refractivity contribution in [2.24, 2.45) is 0 Å². The number of ether oxygens (including phenoxy) is 1. The third-order valence-corrected chi connectivity index (χ3v) is 6.16. The molecule has 5 heteroatoms. The molecule has 2 unspecified atom stereocenters. The predicted octanol–water partition coefficient (Wildman–Crippen LogP) is 5.26. The van der Waals surface area contributed by atoms with Crippen LogP contribution in [0.1, 0.15) is 34.6 Å². The van der Waals surface area contributed by atoms with Gasteiger partial charge in [-0.1, -0.05) is 29.3 Å². The molecule has 1 aromatic heterocycles. The Bertz CT molecular complexity index is 623. The van der Waals surface area contributed by atoms with E-state index in [9.17, 15) is 0 Å². The lowest BCUT2D eigenvalue weighted by atomic mass is 9.94. The van der Waals surface area contributed by atoms with E-state index in [0.29, 0.717) is 6.04 Å². The van der Waals surface area contributed by atoms with Gasteiger partial charge in [-0.3, -0.25) is 0 Å². The maximum Gasteiger partial charge on any atom is 0.135 e. The summed E-state index contributed by atoms with van der Waals surface area (Å²) in [7, 11) is 2.00. The molecule has 106 valence electrons. The minimum atomic E-state index is 0.0523. The Kier molecular flexibility index (Phi) is 4.09. The third kappa shape index (κ3) is 2.62. The lowest BCUT2D eigenvalue weighted by Gasteiger charge is -2.32. The second kappa shape index (κ2) is 5.68. The maximum atomic E-state index is 6.16. The number of halogens is 2. The third-order valence-electron chi connectivity index (χ3n) is 3.59.